The van der Waals surface area contributed by atoms with Crippen molar-refractivity contribution >= 4 is 52.6 Å². The van der Waals surface area contributed by atoms with Crippen LogP contribution >= 0.6 is 23.2 Å². The Kier molecular flexibility index (Phi) is 6.25. The minimum atomic E-state index is -1.15. The second kappa shape index (κ2) is 9.26. The Bertz CT molecular complexity index is 1220. The minimum absolute atomic E-state index is 0.0680. The molecule has 160 valence electrons. The molecule has 0 bridgehead atoms. The first-order valence-electron chi connectivity index (χ1n) is 9.53. The monoisotopic (exact) mass is 466 g/mol. The molecule has 0 saturated carbocycles. The van der Waals surface area contributed by atoms with Gasteiger partial charge in [-0.3, -0.25) is 4.79 Å². The number of rotatable bonds is 6. The number of carboxylic acid groups (broad SMARTS) is 1. The summed E-state index contributed by atoms with van der Waals surface area (Å²) in [5, 5.41) is 15.0. The molecule has 0 atom stereocenters. The first kappa shape index (κ1) is 21.6. The third-order valence-corrected chi connectivity index (χ3v) is 5.16. The van der Waals surface area contributed by atoms with E-state index < -0.39 is 12.6 Å². The number of ether oxygens (including phenoxy) is 1. The van der Waals surface area contributed by atoms with Crippen LogP contribution in [0.4, 0.5) is 5.69 Å². The smallest absolute Gasteiger partial charge is 0.341 e. The van der Waals surface area contributed by atoms with Crippen molar-refractivity contribution in [2.24, 2.45) is 5.10 Å². The molecule has 3 aromatic rings. The highest BCUT2D eigenvalue weighted by Crippen LogP contribution is 2.36. The molecule has 0 aliphatic carbocycles. The molecule has 0 saturated heterocycles. The number of carbonyl (C=O) groups is 2. The Hall–Kier alpha value is -3.61. The van der Waals surface area contributed by atoms with Crippen LogP contribution in [0.5, 0.6) is 5.75 Å². The molecular weight excluding hydrogens is 451 g/mol. The minimum Gasteiger partial charge on any atom is -0.479 e. The van der Waals surface area contributed by atoms with Gasteiger partial charge in [-0.25, -0.2) is 4.79 Å². The molecular formula is C24H16Cl2N2O4. The number of nitrogens with zero attached hydrogens (tertiary/aromatic N) is 2. The second-order valence-corrected chi connectivity index (χ2v) is 7.64. The van der Waals surface area contributed by atoms with Gasteiger partial charge in [0.05, 0.1) is 21.3 Å². The molecule has 1 amide bonds. The van der Waals surface area contributed by atoms with Crippen molar-refractivity contribution in [3.63, 3.8) is 0 Å². The van der Waals surface area contributed by atoms with E-state index in [0.717, 1.165) is 5.56 Å². The third-order valence-electron chi connectivity index (χ3n) is 4.60. The molecule has 0 spiro atoms. The maximum Gasteiger partial charge on any atom is 0.341 e. The Morgan fingerprint density at radius 1 is 1.00 bits per heavy atom. The number of carbonyl (C=O) groups excluding carboxylic acids is 1. The molecule has 0 aromatic heterocycles. The highest BCUT2D eigenvalue weighted by atomic mass is 35.5. The normalized spacial score (nSPS) is 14.6. The zero-order valence-electron chi connectivity index (χ0n) is 16.5. The number of benzene rings is 3. The van der Waals surface area contributed by atoms with Crippen LogP contribution in [0.15, 0.2) is 83.5 Å². The third kappa shape index (κ3) is 4.51. The fourth-order valence-corrected chi connectivity index (χ4v) is 3.81. The van der Waals surface area contributed by atoms with Crippen molar-refractivity contribution in [2.45, 2.75) is 0 Å². The molecule has 4 rings (SSSR count). The summed E-state index contributed by atoms with van der Waals surface area (Å²) in [5.74, 6) is -1.38. The maximum atomic E-state index is 13.3. The van der Waals surface area contributed by atoms with Gasteiger partial charge >= 0.3 is 5.97 Å². The lowest BCUT2D eigenvalue weighted by atomic mass is 10.00. The van der Waals surface area contributed by atoms with E-state index in [1.165, 1.54) is 5.01 Å². The number of hydrogen-bond acceptors (Lipinski definition) is 4. The first-order chi connectivity index (χ1) is 15.4. The molecule has 1 N–H and O–H groups in total. The number of para-hydroxylation sites is 1. The largest absolute Gasteiger partial charge is 0.479 e. The van der Waals surface area contributed by atoms with Gasteiger partial charge in [-0.1, -0.05) is 71.7 Å². The number of hydrogen-bond donors (Lipinski definition) is 1. The van der Waals surface area contributed by atoms with Crippen molar-refractivity contribution < 1.29 is 19.4 Å². The topological polar surface area (TPSA) is 79.2 Å². The average molecular weight is 467 g/mol. The number of halogens is 2. The number of hydrazone groups is 1. The van der Waals surface area contributed by atoms with E-state index >= 15 is 0 Å². The van der Waals surface area contributed by atoms with Crippen molar-refractivity contribution in [1.82, 2.24) is 0 Å². The summed E-state index contributed by atoms with van der Waals surface area (Å²) >= 11 is 12.5. The van der Waals surface area contributed by atoms with Gasteiger partial charge in [0.25, 0.3) is 5.91 Å². The van der Waals surface area contributed by atoms with Gasteiger partial charge in [0.1, 0.15) is 5.71 Å². The van der Waals surface area contributed by atoms with Crippen LogP contribution in [0.2, 0.25) is 10.0 Å². The Balaban J connectivity index is 1.76. The van der Waals surface area contributed by atoms with Gasteiger partial charge in [0, 0.05) is 5.56 Å². The van der Waals surface area contributed by atoms with Crippen LogP contribution in [-0.2, 0) is 9.59 Å². The van der Waals surface area contributed by atoms with Crippen LogP contribution < -0.4 is 9.75 Å². The van der Waals surface area contributed by atoms with E-state index in [-0.39, 0.29) is 21.7 Å². The number of amides is 1. The lowest BCUT2D eigenvalue weighted by molar-refractivity contribution is -0.139. The van der Waals surface area contributed by atoms with Crippen LogP contribution in [0.1, 0.15) is 11.1 Å². The molecule has 1 heterocycles. The van der Waals surface area contributed by atoms with Crippen molar-refractivity contribution in [3.05, 3.63) is 99.5 Å². The predicted molar refractivity (Wildman–Crippen MR) is 124 cm³/mol. The van der Waals surface area contributed by atoms with E-state index in [0.29, 0.717) is 22.5 Å². The van der Waals surface area contributed by atoms with E-state index in [1.54, 1.807) is 30.3 Å². The SMILES string of the molecule is O=C(O)COc1c(Cl)cc(/C=C2\C(=O)N(c3ccccc3)N=C2c2ccccc2)cc1Cl. The van der Waals surface area contributed by atoms with Crippen LogP contribution in [0.25, 0.3) is 6.08 Å². The molecule has 0 fully saturated rings. The van der Waals surface area contributed by atoms with E-state index in [2.05, 4.69) is 5.10 Å². The Labute approximate surface area is 194 Å². The first-order valence-corrected chi connectivity index (χ1v) is 10.3. The summed E-state index contributed by atoms with van der Waals surface area (Å²) < 4.78 is 5.16. The van der Waals surface area contributed by atoms with Gasteiger partial charge in [0.15, 0.2) is 12.4 Å². The zero-order valence-corrected chi connectivity index (χ0v) is 18.0. The highest BCUT2D eigenvalue weighted by Gasteiger charge is 2.32. The van der Waals surface area contributed by atoms with Crippen LogP contribution in [0, 0.1) is 0 Å². The predicted octanol–water partition coefficient (Wildman–Crippen LogP) is 5.29. The molecule has 6 nitrogen and oxygen atoms in total. The summed E-state index contributed by atoms with van der Waals surface area (Å²) in [5.41, 5.74) is 2.85. The average Bonchev–Trinajstić information content (AvgIpc) is 3.10. The van der Waals surface area contributed by atoms with Gasteiger partial charge < -0.3 is 9.84 Å². The van der Waals surface area contributed by atoms with Crippen molar-refractivity contribution in [1.29, 1.82) is 0 Å². The van der Waals surface area contributed by atoms with Crippen molar-refractivity contribution in [3.8, 4) is 5.75 Å². The van der Waals surface area contributed by atoms with E-state index in [9.17, 15) is 9.59 Å². The van der Waals surface area contributed by atoms with E-state index in [1.807, 2.05) is 48.5 Å². The molecule has 1 aliphatic heterocycles. The number of carboxylic acids is 1. The highest BCUT2D eigenvalue weighted by molar-refractivity contribution is 6.39. The summed E-state index contributed by atoms with van der Waals surface area (Å²) in [6, 6.07) is 21.6. The molecule has 3 aromatic carbocycles. The molecule has 1 aliphatic rings. The van der Waals surface area contributed by atoms with Crippen molar-refractivity contribution in [2.75, 3.05) is 11.6 Å². The van der Waals surface area contributed by atoms with Gasteiger partial charge in [-0.15, -0.1) is 0 Å². The van der Waals surface area contributed by atoms with Gasteiger partial charge in [-0.05, 0) is 35.9 Å². The van der Waals surface area contributed by atoms with Crippen LogP contribution in [-0.4, -0.2) is 29.3 Å². The molecule has 0 radical (unpaired) electrons. The van der Waals surface area contributed by atoms with Gasteiger partial charge in [0.2, 0.25) is 0 Å². The summed E-state index contributed by atoms with van der Waals surface area (Å²) in [7, 11) is 0. The summed E-state index contributed by atoms with van der Waals surface area (Å²) in [6.45, 7) is -0.574. The molecule has 0 unspecified atom stereocenters. The lowest BCUT2D eigenvalue weighted by Gasteiger charge is -2.11. The lowest BCUT2D eigenvalue weighted by Crippen LogP contribution is -2.21. The van der Waals surface area contributed by atoms with Gasteiger partial charge in [-0.2, -0.15) is 10.1 Å². The zero-order chi connectivity index (χ0) is 22.7. The standard InChI is InChI=1S/C24H16Cl2N2O4/c25-19-12-15(13-20(26)23(19)32-14-21(29)30)11-18-22(16-7-3-1-4-8-16)27-28(24(18)31)17-9-5-2-6-10-17/h1-13H,14H2,(H,29,30)/b18-11-. The Morgan fingerprint density at radius 3 is 2.19 bits per heavy atom. The summed E-state index contributed by atoms with van der Waals surface area (Å²) in [6.07, 6.45) is 1.65. The fourth-order valence-electron chi connectivity index (χ4n) is 3.20. The number of anilines is 1. The van der Waals surface area contributed by atoms with E-state index in [4.69, 9.17) is 33.0 Å². The second-order valence-electron chi connectivity index (χ2n) is 6.82. The molecule has 32 heavy (non-hydrogen) atoms. The quantitative estimate of drug-likeness (QED) is 0.500. The molecule has 8 heteroatoms. The summed E-state index contributed by atoms with van der Waals surface area (Å²) in [4.78, 5) is 24.1. The number of aliphatic carboxylic acids is 1. The van der Waals surface area contributed by atoms with Crippen LogP contribution in [0.3, 0.4) is 0 Å². The maximum absolute atomic E-state index is 13.3. The Morgan fingerprint density at radius 2 is 1.59 bits per heavy atom. The fraction of sp³-hybridized carbons (Fsp3) is 0.0417.